The molecular formula is C21H13ClN2O4. The third kappa shape index (κ3) is 2.88. The fraction of sp³-hybridized carbons (Fsp3) is 0.0952. The molecule has 28 heavy (non-hydrogen) atoms. The quantitative estimate of drug-likeness (QED) is 0.493. The summed E-state index contributed by atoms with van der Waals surface area (Å²) in [5, 5.41) is 0.508. The normalized spacial score (nSPS) is 12.4. The van der Waals surface area contributed by atoms with E-state index in [0.29, 0.717) is 10.6 Å². The maximum Gasteiger partial charge on any atom is 0.356 e. The minimum absolute atomic E-state index is 0.0426. The van der Waals surface area contributed by atoms with Crippen molar-refractivity contribution in [2.75, 3.05) is 6.61 Å². The number of pyridine rings is 2. The lowest BCUT2D eigenvalue weighted by molar-refractivity contribution is 0.0519. The molecule has 0 radical (unpaired) electrons. The van der Waals surface area contributed by atoms with Crippen LogP contribution in [0.2, 0.25) is 5.02 Å². The Balaban J connectivity index is 2.01. The second-order valence-corrected chi connectivity index (χ2v) is 6.50. The molecule has 1 aliphatic carbocycles. The number of ketones is 2. The Labute approximate surface area is 165 Å². The Morgan fingerprint density at radius 2 is 1.79 bits per heavy atom. The van der Waals surface area contributed by atoms with Crippen LogP contribution in [0.3, 0.4) is 0 Å². The van der Waals surface area contributed by atoms with Gasteiger partial charge in [0.25, 0.3) is 0 Å². The van der Waals surface area contributed by atoms with Crippen LogP contribution in [0, 0.1) is 0 Å². The molecule has 0 fully saturated rings. The highest BCUT2D eigenvalue weighted by Gasteiger charge is 2.35. The number of hydrogen-bond acceptors (Lipinski definition) is 6. The van der Waals surface area contributed by atoms with Gasteiger partial charge < -0.3 is 4.74 Å². The lowest BCUT2D eigenvalue weighted by Gasteiger charge is -2.20. The van der Waals surface area contributed by atoms with Crippen molar-refractivity contribution in [3.05, 3.63) is 81.8 Å². The summed E-state index contributed by atoms with van der Waals surface area (Å²) < 4.78 is 5.03. The third-order valence-electron chi connectivity index (χ3n) is 4.36. The summed E-state index contributed by atoms with van der Waals surface area (Å²) in [7, 11) is 0. The number of hydrogen-bond donors (Lipinski definition) is 0. The molecule has 3 aromatic rings. The van der Waals surface area contributed by atoms with Crippen LogP contribution in [-0.2, 0) is 4.74 Å². The van der Waals surface area contributed by atoms with E-state index in [4.69, 9.17) is 16.3 Å². The fourth-order valence-corrected chi connectivity index (χ4v) is 3.24. The van der Waals surface area contributed by atoms with Crippen LogP contribution in [0.4, 0.5) is 0 Å². The molecule has 0 spiro atoms. The molecule has 4 rings (SSSR count). The average molecular weight is 393 g/mol. The van der Waals surface area contributed by atoms with Gasteiger partial charge in [-0.3, -0.25) is 14.6 Å². The number of halogens is 1. The lowest BCUT2D eigenvalue weighted by atomic mass is 9.84. The number of benzene rings is 1. The monoisotopic (exact) mass is 392 g/mol. The van der Waals surface area contributed by atoms with Gasteiger partial charge in [-0.1, -0.05) is 23.7 Å². The van der Waals surface area contributed by atoms with Crippen molar-refractivity contribution in [2.24, 2.45) is 0 Å². The van der Waals surface area contributed by atoms with Crippen molar-refractivity contribution in [3.63, 3.8) is 0 Å². The summed E-state index contributed by atoms with van der Waals surface area (Å²) in [6.45, 7) is 1.83. The van der Waals surface area contributed by atoms with E-state index in [1.165, 1.54) is 18.3 Å². The fourth-order valence-electron chi connectivity index (χ4n) is 3.11. The van der Waals surface area contributed by atoms with Crippen LogP contribution in [0.25, 0.3) is 11.3 Å². The number of esters is 1. The van der Waals surface area contributed by atoms with Gasteiger partial charge in [0.1, 0.15) is 11.4 Å². The first-order chi connectivity index (χ1) is 13.5. The number of fused-ring (bicyclic) bond motifs is 2. The molecule has 1 aliphatic rings. The summed E-state index contributed by atoms with van der Waals surface area (Å²) in [5.74, 6) is -1.48. The maximum atomic E-state index is 13.1. The summed E-state index contributed by atoms with van der Waals surface area (Å²) in [6, 6.07) is 11.1. The maximum absolute atomic E-state index is 13.1. The predicted octanol–water partition coefficient (Wildman–Crippen LogP) is 3.75. The number of rotatable bonds is 3. The molecule has 7 heteroatoms. The van der Waals surface area contributed by atoms with Crippen LogP contribution in [-0.4, -0.2) is 34.1 Å². The van der Waals surface area contributed by atoms with Gasteiger partial charge in [0.05, 0.1) is 23.4 Å². The molecule has 0 bridgehead atoms. The highest BCUT2D eigenvalue weighted by Crippen LogP contribution is 2.33. The van der Waals surface area contributed by atoms with Crippen LogP contribution in [0.15, 0.2) is 48.7 Å². The number of ether oxygens (including phenoxy) is 1. The zero-order chi connectivity index (χ0) is 19.8. The van der Waals surface area contributed by atoms with Crippen LogP contribution < -0.4 is 0 Å². The molecule has 1 aromatic carbocycles. The molecule has 138 valence electrons. The molecular weight excluding hydrogens is 380 g/mol. The van der Waals surface area contributed by atoms with E-state index in [2.05, 4.69) is 9.97 Å². The number of aromatic nitrogens is 2. The first-order valence-corrected chi connectivity index (χ1v) is 8.91. The van der Waals surface area contributed by atoms with Gasteiger partial charge in [-0.25, -0.2) is 9.78 Å². The second kappa shape index (κ2) is 6.98. The van der Waals surface area contributed by atoms with Crippen molar-refractivity contribution in [3.8, 4) is 11.3 Å². The van der Waals surface area contributed by atoms with Crippen LogP contribution in [0.5, 0.6) is 0 Å². The minimum atomic E-state index is -0.669. The zero-order valence-corrected chi connectivity index (χ0v) is 15.5. The van der Waals surface area contributed by atoms with Gasteiger partial charge in [-0.05, 0) is 37.3 Å². The van der Waals surface area contributed by atoms with E-state index in [9.17, 15) is 14.4 Å². The molecule has 0 atom stereocenters. The highest BCUT2D eigenvalue weighted by atomic mass is 35.5. The minimum Gasteiger partial charge on any atom is -0.461 e. The van der Waals surface area contributed by atoms with Gasteiger partial charge in [0.15, 0.2) is 5.78 Å². The molecule has 2 aromatic heterocycles. The average Bonchev–Trinajstić information content (AvgIpc) is 2.72. The number of carbonyl (C=O) groups excluding carboxylic acids is 3. The molecule has 2 heterocycles. The first kappa shape index (κ1) is 18.0. The van der Waals surface area contributed by atoms with Crippen molar-refractivity contribution in [2.45, 2.75) is 6.92 Å². The SMILES string of the molecule is CCOC(=O)c1cc2c(c(-c3ccc(Cl)cc3)n1)C(=O)c1ncccc1C2=O. The van der Waals surface area contributed by atoms with Gasteiger partial charge in [0, 0.05) is 22.3 Å². The standard InChI is InChI=1S/C21H13ClN2O4/c1-2-28-21(27)15-10-14-16(17(24-15)11-5-7-12(22)8-6-11)20(26)18-13(19(14)25)4-3-9-23-18/h3-10H,2H2,1H3. The van der Waals surface area contributed by atoms with E-state index in [1.807, 2.05) is 0 Å². The first-order valence-electron chi connectivity index (χ1n) is 8.53. The molecule has 0 N–H and O–H groups in total. The van der Waals surface area contributed by atoms with Crippen molar-refractivity contribution >= 4 is 29.1 Å². The smallest absolute Gasteiger partial charge is 0.356 e. The van der Waals surface area contributed by atoms with Gasteiger partial charge in [-0.15, -0.1) is 0 Å². The molecule has 0 amide bonds. The summed E-state index contributed by atoms with van der Waals surface area (Å²) >= 11 is 5.96. The van der Waals surface area contributed by atoms with E-state index >= 15 is 0 Å². The van der Waals surface area contributed by atoms with E-state index in [1.54, 1.807) is 37.3 Å². The van der Waals surface area contributed by atoms with E-state index in [0.717, 1.165) is 0 Å². The lowest BCUT2D eigenvalue weighted by Crippen LogP contribution is -2.25. The van der Waals surface area contributed by atoms with Gasteiger partial charge >= 0.3 is 5.97 Å². The molecule has 0 aliphatic heterocycles. The predicted molar refractivity (Wildman–Crippen MR) is 102 cm³/mol. The van der Waals surface area contributed by atoms with Gasteiger partial charge in [0.2, 0.25) is 5.78 Å². The Morgan fingerprint density at radius 3 is 2.50 bits per heavy atom. The molecule has 6 nitrogen and oxygen atoms in total. The summed E-state index contributed by atoms with van der Waals surface area (Å²) in [5.41, 5.74) is 1.21. The van der Waals surface area contributed by atoms with E-state index in [-0.39, 0.29) is 46.2 Å². The van der Waals surface area contributed by atoms with Crippen molar-refractivity contribution < 1.29 is 19.1 Å². The number of nitrogens with zero attached hydrogens (tertiary/aromatic N) is 2. The highest BCUT2D eigenvalue weighted by molar-refractivity contribution is 6.31. The third-order valence-corrected chi connectivity index (χ3v) is 4.61. The number of carbonyl (C=O) groups is 3. The van der Waals surface area contributed by atoms with Crippen LogP contribution in [0.1, 0.15) is 49.4 Å². The largest absolute Gasteiger partial charge is 0.461 e. The van der Waals surface area contributed by atoms with Crippen molar-refractivity contribution in [1.29, 1.82) is 0 Å². The summed E-state index contributed by atoms with van der Waals surface area (Å²) in [4.78, 5) is 46.9. The van der Waals surface area contributed by atoms with Gasteiger partial charge in [-0.2, -0.15) is 0 Å². The molecule has 0 saturated carbocycles. The topological polar surface area (TPSA) is 86.2 Å². The Hall–Kier alpha value is -3.38. The Bertz CT molecular complexity index is 1140. The molecule has 0 saturated heterocycles. The Morgan fingerprint density at radius 1 is 1.04 bits per heavy atom. The van der Waals surface area contributed by atoms with Crippen LogP contribution >= 0.6 is 11.6 Å². The van der Waals surface area contributed by atoms with Crippen molar-refractivity contribution in [1.82, 2.24) is 9.97 Å². The molecule has 0 unspecified atom stereocenters. The Kier molecular flexibility index (Phi) is 4.49. The summed E-state index contributed by atoms with van der Waals surface area (Å²) in [6.07, 6.45) is 1.46. The second-order valence-electron chi connectivity index (χ2n) is 6.06. The van der Waals surface area contributed by atoms with E-state index < -0.39 is 11.8 Å². The zero-order valence-electron chi connectivity index (χ0n) is 14.7.